The first-order valence-electron chi connectivity index (χ1n) is 3.09. The Balaban J connectivity index is 2.87. The zero-order chi connectivity index (χ0) is 7.84. The molecule has 2 aromatic rings. The van der Waals surface area contributed by atoms with Crippen LogP contribution < -0.4 is 0 Å². The maximum absolute atomic E-state index is 5.28. The molecule has 0 N–H and O–H groups in total. The van der Waals surface area contributed by atoms with E-state index in [2.05, 4.69) is 44.6 Å². The van der Waals surface area contributed by atoms with E-state index in [1.807, 2.05) is 12.1 Å². The van der Waals surface area contributed by atoms with Crippen molar-refractivity contribution in [2.45, 2.75) is 0 Å². The first-order chi connectivity index (χ1) is 5.27. The number of hydrogen-bond donors (Lipinski definition) is 0. The highest BCUT2D eigenvalue weighted by atomic mass is 127. The lowest BCUT2D eigenvalue weighted by Crippen LogP contribution is -1.66. The molecule has 0 aliphatic carbocycles. The van der Waals surface area contributed by atoms with Crippen LogP contribution in [0.5, 0.6) is 0 Å². The second-order valence-corrected chi connectivity index (χ2v) is 4.30. The molecule has 1 nitrogen and oxygen atoms in total. The van der Waals surface area contributed by atoms with Gasteiger partial charge in [0.15, 0.2) is 0 Å². The summed E-state index contributed by atoms with van der Waals surface area (Å²) in [6.07, 6.45) is 1.76. The van der Waals surface area contributed by atoms with Crippen LogP contribution in [0.2, 0.25) is 0 Å². The van der Waals surface area contributed by atoms with Gasteiger partial charge in [0.05, 0.1) is 3.57 Å². The molecule has 1 heterocycles. The molecule has 0 saturated carbocycles. The average Bonchev–Trinajstić information content (AvgIpc) is 2.33. The highest BCUT2D eigenvalue weighted by Gasteiger charge is 2.01. The van der Waals surface area contributed by atoms with Gasteiger partial charge in [0, 0.05) is 9.86 Å². The molecule has 0 fully saturated rings. The van der Waals surface area contributed by atoms with Crippen molar-refractivity contribution >= 4 is 49.5 Å². The summed E-state index contributed by atoms with van der Waals surface area (Å²) < 4.78 is 7.51. The molecule has 0 aliphatic rings. The summed E-state index contributed by atoms with van der Waals surface area (Å²) in [5, 5.41) is 1.17. The van der Waals surface area contributed by atoms with Crippen molar-refractivity contribution in [2.75, 3.05) is 0 Å². The standard InChI is InChI=1S/C8H4BrIO/c9-5-1-2-8-6(3-5)7(10)4-11-8/h1-4H. The normalized spacial score (nSPS) is 10.7. The summed E-state index contributed by atoms with van der Waals surface area (Å²) in [5.74, 6) is 0. The van der Waals surface area contributed by atoms with Gasteiger partial charge in [-0.3, -0.25) is 0 Å². The first-order valence-corrected chi connectivity index (χ1v) is 4.97. The summed E-state index contributed by atoms with van der Waals surface area (Å²) in [6.45, 7) is 0. The van der Waals surface area contributed by atoms with Crippen LogP contribution in [-0.4, -0.2) is 0 Å². The van der Waals surface area contributed by atoms with Gasteiger partial charge in [-0.15, -0.1) is 0 Å². The fraction of sp³-hybridized carbons (Fsp3) is 0. The monoisotopic (exact) mass is 322 g/mol. The van der Waals surface area contributed by atoms with E-state index in [4.69, 9.17) is 4.42 Å². The van der Waals surface area contributed by atoms with Crippen molar-refractivity contribution in [3.8, 4) is 0 Å². The summed E-state index contributed by atoms with van der Waals surface area (Å²) in [4.78, 5) is 0. The van der Waals surface area contributed by atoms with Crippen molar-refractivity contribution in [2.24, 2.45) is 0 Å². The van der Waals surface area contributed by atoms with E-state index in [0.717, 1.165) is 13.6 Å². The van der Waals surface area contributed by atoms with E-state index in [9.17, 15) is 0 Å². The number of halogens is 2. The van der Waals surface area contributed by atoms with E-state index < -0.39 is 0 Å². The quantitative estimate of drug-likeness (QED) is 0.672. The lowest BCUT2D eigenvalue weighted by molar-refractivity contribution is 0.613. The van der Waals surface area contributed by atoms with Gasteiger partial charge in [-0.25, -0.2) is 0 Å². The highest BCUT2D eigenvalue weighted by molar-refractivity contribution is 14.1. The zero-order valence-corrected chi connectivity index (χ0v) is 9.22. The number of benzene rings is 1. The van der Waals surface area contributed by atoms with Gasteiger partial charge >= 0.3 is 0 Å². The van der Waals surface area contributed by atoms with Gasteiger partial charge in [0.2, 0.25) is 0 Å². The van der Waals surface area contributed by atoms with E-state index in [-0.39, 0.29) is 0 Å². The Kier molecular flexibility index (Phi) is 1.93. The zero-order valence-electron chi connectivity index (χ0n) is 5.47. The van der Waals surface area contributed by atoms with Crippen LogP contribution in [0.1, 0.15) is 0 Å². The number of rotatable bonds is 0. The Morgan fingerprint density at radius 3 is 3.00 bits per heavy atom. The molecule has 0 atom stereocenters. The minimum atomic E-state index is 0.942. The average molecular weight is 323 g/mol. The fourth-order valence-electron chi connectivity index (χ4n) is 0.970. The van der Waals surface area contributed by atoms with Crippen molar-refractivity contribution in [3.63, 3.8) is 0 Å². The van der Waals surface area contributed by atoms with E-state index in [0.29, 0.717) is 0 Å². The van der Waals surface area contributed by atoms with Crippen LogP contribution in [0, 0.1) is 3.57 Å². The Bertz CT molecular complexity index is 394. The lowest BCUT2D eigenvalue weighted by atomic mass is 10.3. The molecule has 0 saturated heterocycles. The van der Waals surface area contributed by atoms with Crippen molar-refractivity contribution in [3.05, 3.63) is 32.5 Å². The van der Waals surface area contributed by atoms with Crippen LogP contribution in [0.4, 0.5) is 0 Å². The molecule has 0 bridgehead atoms. The SMILES string of the molecule is Brc1ccc2occ(I)c2c1. The Hall–Kier alpha value is -0.0300. The minimum Gasteiger partial charge on any atom is -0.463 e. The molecule has 2 rings (SSSR count). The van der Waals surface area contributed by atoms with E-state index >= 15 is 0 Å². The van der Waals surface area contributed by atoms with E-state index in [1.54, 1.807) is 6.26 Å². The third kappa shape index (κ3) is 1.31. The molecule has 3 heteroatoms. The number of furan rings is 1. The molecule has 1 aromatic carbocycles. The molecule has 0 radical (unpaired) electrons. The lowest BCUT2D eigenvalue weighted by Gasteiger charge is -1.89. The van der Waals surface area contributed by atoms with Crippen LogP contribution in [0.25, 0.3) is 11.0 Å². The van der Waals surface area contributed by atoms with Gasteiger partial charge in [-0.05, 0) is 40.8 Å². The van der Waals surface area contributed by atoms with Crippen LogP contribution in [-0.2, 0) is 0 Å². The van der Waals surface area contributed by atoms with Gasteiger partial charge in [-0.2, -0.15) is 0 Å². The first kappa shape index (κ1) is 7.61. The predicted octanol–water partition coefficient (Wildman–Crippen LogP) is 3.80. The minimum absolute atomic E-state index is 0.942. The molecule has 56 valence electrons. The Morgan fingerprint density at radius 2 is 2.18 bits per heavy atom. The van der Waals surface area contributed by atoms with E-state index in [1.165, 1.54) is 5.39 Å². The van der Waals surface area contributed by atoms with Gasteiger partial charge in [0.1, 0.15) is 11.8 Å². The summed E-state index contributed by atoms with van der Waals surface area (Å²) in [5.41, 5.74) is 0.942. The second-order valence-electron chi connectivity index (χ2n) is 2.22. The molecule has 11 heavy (non-hydrogen) atoms. The Labute approximate surface area is 86.0 Å². The van der Waals surface area contributed by atoms with Gasteiger partial charge in [-0.1, -0.05) is 15.9 Å². The summed E-state index contributed by atoms with van der Waals surface area (Å²) in [7, 11) is 0. The topological polar surface area (TPSA) is 13.1 Å². The van der Waals surface area contributed by atoms with Gasteiger partial charge < -0.3 is 4.42 Å². The molecular formula is C8H4BrIO. The third-order valence-corrected chi connectivity index (χ3v) is 2.82. The fourth-order valence-corrected chi connectivity index (χ4v) is 1.88. The summed E-state index contributed by atoms with van der Waals surface area (Å²) >= 11 is 5.66. The number of fused-ring (bicyclic) bond motifs is 1. The largest absolute Gasteiger partial charge is 0.463 e. The third-order valence-electron chi connectivity index (χ3n) is 1.49. The van der Waals surface area contributed by atoms with Crippen molar-refractivity contribution in [1.82, 2.24) is 0 Å². The van der Waals surface area contributed by atoms with Gasteiger partial charge in [0.25, 0.3) is 0 Å². The Morgan fingerprint density at radius 1 is 1.36 bits per heavy atom. The van der Waals surface area contributed by atoms with Crippen LogP contribution in [0.15, 0.2) is 33.4 Å². The molecule has 0 aliphatic heterocycles. The molecule has 0 spiro atoms. The van der Waals surface area contributed by atoms with Crippen molar-refractivity contribution < 1.29 is 4.42 Å². The van der Waals surface area contributed by atoms with Crippen LogP contribution in [0.3, 0.4) is 0 Å². The molecule has 0 unspecified atom stereocenters. The van der Waals surface area contributed by atoms with Crippen molar-refractivity contribution in [1.29, 1.82) is 0 Å². The summed E-state index contributed by atoms with van der Waals surface area (Å²) in [6, 6.07) is 5.99. The highest BCUT2D eigenvalue weighted by Crippen LogP contribution is 2.25. The molecule has 0 amide bonds. The number of hydrogen-bond acceptors (Lipinski definition) is 1. The maximum Gasteiger partial charge on any atom is 0.135 e. The predicted molar refractivity (Wildman–Crippen MR) is 56.6 cm³/mol. The molecule has 1 aromatic heterocycles. The van der Waals surface area contributed by atoms with Crippen LogP contribution >= 0.6 is 38.5 Å². The maximum atomic E-state index is 5.28. The smallest absolute Gasteiger partial charge is 0.135 e. The molecular weight excluding hydrogens is 319 g/mol. The second kappa shape index (κ2) is 2.79.